The highest BCUT2D eigenvalue weighted by molar-refractivity contribution is 5.14. The first-order valence-corrected chi connectivity index (χ1v) is 8.03. The van der Waals surface area contributed by atoms with Gasteiger partial charge < -0.3 is 24.4 Å². The molecule has 2 N–H and O–H groups in total. The van der Waals surface area contributed by atoms with Gasteiger partial charge in [-0.05, 0) is 11.1 Å². The Hall–Kier alpha value is -1.76. The van der Waals surface area contributed by atoms with Crippen molar-refractivity contribution in [3.63, 3.8) is 0 Å². The molecule has 4 atom stereocenters. The molecule has 1 heterocycles. The fourth-order valence-corrected chi connectivity index (χ4v) is 2.69. The second kappa shape index (κ2) is 8.37. The van der Waals surface area contributed by atoms with Gasteiger partial charge in [0.25, 0.3) is 0 Å². The minimum Gasteiger partial charge on any atom is -0.385 e. The summed E-state index contributed by atoms with van der Waals surface area (Å²) in [5.74, 6) is 0. The molecular weight excluding hydrogens is 308 g/mol. The van der Waals surface area contributed by atoms with Crippen molar-refractivity contribution in [1.29, 1.82) is 0 Å². The van der Waals surface area contributed by atoms with Gasteiger partial charge in [0, 0.05) is 0 Å². The molecule has 1 saturated heterocycles. The summed E-state index contributed by atoms with van der Waals surface area (Å²) in [5, 5.41) is 19.8. The molecule has 24 heavy (non-hydrogen) atoms. The zero-order valence-electron chi connectivity index (χ0n) is 13.3. The van der Waals surface area contributed by atoms with Crippen LogP contribution in [0.25, 0.3) is 0 Å². The quantitative estimate of drug-likeness (QED) is 0.811. The minimum atomic E-state index is -1.25. The molecule has 2 aromatic rings. The minimum absolute atomic E-state index is 0.239. The Morgan fingerprint density at radius 1 is 0.833 bits per heavy atom. The molecule has 0 bridgehead atoms. The molecule has 128 valence electrons. The Bertz CT molecular complexity index is 604. The number of rotatable bonds is 7. The normalized spacial score (nSPS) is 26.6. The van der Waals surface area contributed by atoms with E-state index in [-0.39, 0.29) is 6.61 Å². The van der Waals surface area contributed by atoms with Crippen LogP contribution in [0.4, 0.5) is 0 Å². The number of hydrogen-bond acceptors (Lipinski definition) is 5. The third-order valence-corrected chi connectivity index (χ3v) is 3.99. The Morgan fingerprint density at radius 3 is 2.04 bits per heavy atom. The monoisotopic (exact) mass is 330 g/mol. The number of hydrogen-bond donors (Lipinski definition) is 2. The van der Waals surface area contributed by atoms with Crippen molar-refractivity contribution < 1.29 is 24.4 Å². The Labute approximate surface area is 141 Å². The molecule has 0 radical (unpaired) electrons. The van der Waals surface area contributed by atoms with Crippen LogP contribution < -0.4 is 0 Å². The highest BCUT2D eigenvalue weighted by atomic mass is 16.7. The molecule has 0 saturated carbocycles. The zero-order valence-corrected chi connectivity index (χ0v) is 13.3. The molecule has 5 nitrogen and oxygen atoms in total. The van der Waals surface area contributed by atoms with Gasteiger partial charge in [-0.1, -0.05) is 60.7 Å². The summed E-state index contributed by atoms with van der Waals surface area (Å²) >= 11 is 0. The van der Waals surface area contributed by atoms with E-state index >= 15 is 0 Å². The molecule has 1 aliphatic heterocycles. The van der Waals surface area contributed by atoms with E-state index in [2.05, 4.69) is 0 Å². The van der Waals surface area contributed by atoms with E-state index in [0.717, 1.165) is 11.1 Å². The summed E-state index contributed by atoms with van der Waals surface area (Å²) < 4.78 is 16.8. The third-order valence-electron chi connectivity index (χ3n) is 3.99. The molecule has 1 fully saturated rings. The van der Waals surface area contributed by atoms with E-state index in [4.69, 9.17) is 14.2 Å². The van der Waals surface area contributed by atoms with Crippen molar-refractivity contribution in [2.45, 2.75) is 37.8 Å². The van der Waals surface area contributed by atoms with Crippen molar-refractivity contribution in [3.8, 4) is 0 Å². The first-order valence-electron chi connectivity index (χ1n) is 8.03. The van der Waals surface area contributed by atoms with Crippen LogP contribution >= 0.6 is 0 Å². The topological polar surface area (TPSA) is 68.2 Å². The van der Waals surface area contributed by atoms with Crippen LogP contribution in [0.15, 0.2) is 60.7 Å². The van der Waals surface area contributed by atoms with Crippen molar-refractivity contribution in [2.75, 3.05) is 6.61 Å². The highest BCUT2D eigenvalue weighted by Crippen LogP contribution is 2.24. The molecule has 0 aliphatic carbocycles. The molecule has 0 amide bonds. The van der Waals surface area contributed by atoms with E-state index < -0.39 is 24.6 Å². The Balaban J connectivity index is 1.52. The summed E-state index contributed by atoms with van der Waals surface area (Å²) in [7, 11) is 0. The third kappa shape index (κ3) is 4.41. The van der Waals surface area contributed by atoms with Crippen LogP contribution in [0.1, 0.15) is 11.1 Å². The molecule has 0 aromatic heterocycles. The lowest BCUT2D eigenvalue weighted by Crippen LogP contribution is -2.37. The average molecular weight is 330 g/mol. The summed E-state index contributed by atoms with van der Waals surface area (Å²) in [6, 6.07) is 19.5. The van der Waals surface area contributed by atoms with E-state index in [1.165, 1.54) is 0 Å². The maximum absolute atomic E-state index is 10.1. The number of benzene rings is 2. The van der Waals surface area contributed by atoms with Gasteiger partial charge in [-0.25, -0.2) is 0 Å². The van der Waals surface area contributed by atoms with Crippen LogP contribution in [0.3, 0.4) is 0 Å². The van der Waals surface area contributed by atoms with Gasteiger partial charge in [-0.3, -0.25) is 0 Å². The van der Waals surface area contributed by atoms with Crippen LogP contribution in [0.5, 0.6) is 0 Å². The van der Waals surface area contributed by atoms with Gasteiger partial charge >= 0.3 is 0 Å². The van der Waals surface area contributed by atoms with Gasteiger partial charge in [-0.2, -0.15) is 0 Å². The highest BCUT2D eigenvalue weighted by Gasteiger charge is 2.43. The second-order valence-electron chi connectivity index (χ2n) is 5.82. The smallest absolute Gasteiger partial charge is 0.184 e. The van der Waals surface area contributed by atoms with Gasteiger partial charge in [0.15, 0.2) is 6.29 Å². The van der Waals surface area contributed by atoms with Crippen LogP contribution in [-0.4, -0.2) is 41.4 Å². The van der Waals surface area contributed by atoms with Crippen molar-refractivity contribution in [3.05, 3.63) is 71.8 Å². The fourth-order valence-electron chi connectivity index (χ4n) is 2.69. The second-order valence-corrected chi connectivity index (χ2v) is 5.82. The van der Waals surface area contributed by atoms with E-state index in [1.807, 2.05) is 60.7 Å². The zero-order chi connectivity index (χ0) is 16.8. The average Bonchev–Trinajstić information content (AvgIpc) is 2.89. The van der Waals surface area contributed by atoms with Crippen LogP contribution in [0, 0.1) is 0 Å². The molecule has 1 aliphatic rings. The first-order chi connectivity index (χ1) is 11.7. The standard InChI is InChI=1S/C19H22O5/c20-17-18(23-12-15-9-5-2-6-10-15)16(24-19(17)21)13-22-11-14-7-3-1-4-8-14/h1-10,16-21H,11-13H2/t16-,17?,18-,19?/m1/s1. The summed E-state index contributed by atoms with van der Waals surface area (Å²) in [6.45, 7) is 1.02. The Kier molecular flexibility index (Phi) is 5.96. The molecule has 5 heteroatoms. The van der Waals surface area contributed by atoms with Gasteiger partial charge in [-0.15, -0.1) is 0 Å². The summed E-state index contributed by atoms with van der Waals surface area (Å²) in [4.78, 5) is 0. The maximum atomic E-state index is 10.1. The SMILES string of the molecule is OC1O[C@H](COCc2ccccc2)[C@@H](OCc2ccccc2)C1O. The fraction of sp³-hybridized carbons (Fsp3) is 0.368. The summed E-state index contributed by atoms with van der Waals surface area (Å²) in [5.41, 5.74) is 2.05. The lowest BCUT2D eigenvalue weighted by atomic mass is 10.1. The van der Waals surface area contributed by atoms with Gasteiger partial charge in [0.05, 0.1) is 19.8 Å². The van der Waals surface area contributed by atoms with E-state index in [0.29, 0.717) is 13.2 Å². The first kappa shape index (κ1) is 17.1. The molecule has 3 rings (SSSR count). The van der Waals surface area contributed by atoms with Gasteiger partial charge in [0.1, 0.15) is 18.3 Å². The lowest BCUT2D eigenvalue weighted by Gasteiger charge is -2.20. The number of ether oxygens (including phenoxy) is 3. The van der Waals surface area contributed by atoms with Gasteiger partial charge in [0.2, 0.25) is 0 Å². The largest absolute Gasteiger partial charge is 0.385 e. The van der Waals surface area contributed by atoms with Crippen molar-refractivity contribution >= 4 is 0 Å². The van der Waals surface area contributed by atoms with Crippen molar-refractivity contribution in [1.82, 2.24) is 0 Å². The van der Waals surface area contributed by atoms with Crippen molar-refractivity contribution in [2.24, 2.45) is 0 Å². The van der Waals surface area contributed by atoms with E-state index in [9.17, 15) is 10.2 Å². The molecule has 2 unspecified atom stereocenters. The summed E-state index contributed by atoms with van der Waals surface area (Å²) in [6.07, 6.45) is -3.48. The van der Waals surface area contributed by atoms with Crippen LogP contribution in [-0.2, 0) is 27.4 Å². The number of aliphatic hydroxyl groups is 2. The maximum Gasteiger partial charge on any atom is 0.184 e. The molecular formula is C19H22O5. The lowest BCUT2D eigenvalue weighted by molar-refractivity contribution is -0.137. The Morgan fingerprint density at radius 2 is 1.42 bits per heavy atom. The van der Waals surface area contributed by atoms with E-state index in [1.54, 1.807) is 0 Å². The molecule has 2 aromatic carbocycles. The van der Waals surface area contributed by atoms with Crippen LogP contribution in [0.2, 0.25) is 0 Å². The predicted octanol–water partition coefficient (Wildman–Crippen LogP) is 1.87. The molecule has 0 spiro atoms. The number of aliphatic hydroxyl groups excluding tert-OH is 2. The predicted molar refractivity (Wildman–Crippen MR) is 88.0 cm³/mol.